The molecule has 0 heterocycles. The maximum Gasteiger partial charge on any atom is 0.185 e. The summed E-state index contributed by atoms with van der Waals surface area (Å²) >= 11 is 12.3. The van der Waals surface area contributed by atoms with Crippen LogP contribution in [0.2, 0.25) is 10.0 Å². The topological polar surface area (TPSA) is 35.5 Å². The highest BCUT2D eigenvalue weighted by atomic mass is 35.5. The fraction of sp³-hybridized carbons (Fsp3) is 0.0870. The number of halogens is 2. The van der Waals surface area contributed by atoms with Gasteiger partial charge in [-0.1, -0.05) is 71.7 Å². The van der Waals surface area contributed by atoms with Crippen LogP contribution in [0.1, 0.15) is 21.5 Å². The van der Waals surface area contributed by atoms with E-state index in [1.807, 2.05) is 30.3 Å². The Hall–Kier alpha value is -2.75. The Bertz CT molecular complexity index is 981. The maximum atomic E-state index is 12.2. The van der Waals surface area contributed by atoms with Crippen LogP contribution in [0.15, 0.2) is 72.8 Å². The number of hydrogen-bond donors (Lipinski definition) is 0. The van der Waals surface area contributed by atoms with Crippen LogP contribution < -0.4 is 9.47 Å². The molecule has 0 spiro atoms. The number of benzene rings is 3. The van der Waals surface area contributed by atoms with E-state index in [0.29, 0.717) is 33.7 Å². The lowest BCUT2D eigenvalue weighted by atomic mass is 10.1. The summed E-state index contributed by atoms with van der Waals surface area (Å²) in [4.78, 5) is 12.2. The highest BCUT2D eigenvalue weighted by molar-refractivity contribution is 6.32. The Morgan fingerprint density at radius 3 is 2.39 bits per heavy atom. The Morgan fingerprint density at radius 1 is 1.00 bits per heavy atom. The van der Waals surface area contributed by atoms with Crippen LogP contribution in [0.3, 0.4) is 0 Å². The van der Waals surface area contributed by atoms with Gasteiger partial charge in [0.25, 0.3) is 0 Å². The van der Waals surface area contributed by atoms with Crippen LogP contribution in [-0.4, -0.2) is 12.9 Å². The number of methoxy groups -OCH3 is 1. The van der Waals surface area contributed by atoms with Crippen molar-refractivity contribution < 1.29 is 14.3 Å². The number of carbonyl (C=O) groups is 1. The Labute approximate surface area is 174 Å². The molecule has 0 unspecified atom stereocenters. The molecule has 0 aliphatic carbocycles. The van der Waals surface area contributed by atoms with Gasteiger partial charge in [-0.3, -0.25) is 4.79 Å². The first-order valence-electron chi connectivity index (χ1n) is 8.59. The number of carbonyl (C=O) groups excluding carboxylic acids is 1. The molecule has 3 aromatic carbocycles. The fourth-order valence-electron chi connectivity index (χ4n) is 2.58. The van der Waals surface area contributed by atoms with Crippen LogP contribution in [-0.2, 0) is 6.61 Å². The molecule has 3 aromatic rings. The molecule has 0 N–H and O–H groups in total. The average molecular weight is 413 g/mol. The minimum Gasteiger partial charge on any atom is -0.493 e. The van der Waals surface area contributed by atoms with Crippen molar-refractivity contribution in [1.82, 2.24) is 0 Å². The molecule has 0 aliphatic heterocycles. The van der Waals surface area contributed by atoms with Gasteiger partial charge in [0, 0.05) is 10.6 Å². The van der Waals surface area contributed by atoms with Gasteiger partial charge in [0.1, 0.15) is 6.61 Å². The lowest BCUT2D eigenvalue weighted by Crippen LogP contribution is -1.99. The molecule has 0 fully saturated rings. The van der Waals surface area contributed by atoms with E-state index in [4.69, 9.17) is 32.7 Å². The van der Waals surface area contributed by atoms with Crippen molar-refractivity contribution >= 4 is 35.1 Å². The molecule has 28 heavy (non-hydrogen) atoms. The first-order valence-corrected chi connectivity index (χ1v) is 9.34. The molecule has 0 saturated carbocycles. The summed E-state index contributed by atoms with van der Waals surface area (Å²) in [6, 6.07) is 19.9. The van der Waals surface area contributed by atoms with Gasteiger partial charge in [-0.05, 0) is 41.5 Å². The molecule has 0 aromatic heterocycles. The van der Waals surface area contributed by atoms with Crippen LogP contribution >= 0.6 is 23.2 Å². The largest absolute Gasteiger partial charge is 0.493 e. The molecular weight excluding hydrogens is 395 g/mol. The molecule has 142 valence electrons. The number of ketones is 1. The summed E-state index contributed by atoms with van der Waals surface area (Å²) in [6.07, 6.45) is 3.21. The standard InChI is InChI=1S/C23H18Cl2O3/c1-27-22-14-17(9-12-21(26)18-5-3-2-4-6-18)13-20(25)23(22)28-15-16-7-10-19(24)11-8-16/h2-14H,15H2,1H3/b12-9+. The van der Waals surface area contributed by atoms with Gasteiger partial charge < -0.3 is 9.47 Å². The van der Waals surface area contributed by atoms with E-state index in [2.05, 4.69) is 0 Å². The van der Waals surface area contributed by atoms with Crippen molar-refractivity contribution in [2.45, 2.75) is 6.61 Å². The third kappa shape index (κ3) is 5.16. The van der Waals surface area contributed by atoms with Crippen LogP contribution in [0, 0.1) is 0 Å². The summed E-state index contributed by atoms with van der Waals surface area (Å²) in [5.41, 5.74) is 2.32. The highest BCUT2D eigenvalue weighted by Crippen LogP contribution is 2.37. The second kappa shape index (κ2) is 9.45. The normalized spacial score (nSPS) is 10.8. The Morgan fingerprint density at radius 2 is 1.71 bits per heavy atom. The quantitative estimate of drug-likeness (QED) is 0.329. The van der Waals surface area contributed by atoms with Gasteiger partial charge in [0.15, 0.2) is 17.3 Å². The third-order valence-electron chi connectivity index (χ3n) is 4.03. The number of ether oxygens (including phenoxy) is 2. The number of allylic oxidation sites excluding steroid dienone is 1. The van der Waals surface area contributed by atoms with E-state index in [1.54, 1.807) is 49.6 Å². The minimum atomic E-state index is -0.0845. The zero-order valence-corrected chi connectivity index (χ0v) is 16.7. The smallest absolute Gasteiger partial charge is 0.185 e. The van der Waals surface area contributed by atoms with Gasteiger partial charge in [-0.2, -0.15) is 0 Å². The second-order valence-electron chi connectivity index (χ2n) is 6.01. The summed E-state index contributed by atoms with van der Waals surface area (Å²) in [7, 11) is 1.55. The second-order valence-corrected chi connectivity index (χ2v) is 6.86. The molecule has 0 aliphatic rings. The van der Waals surface area contributed by atoms with Gasteiger partial charge in [-0.25, -0.2) is 0 Å². The van der Waals surface area contributed by atoms with Gasteiger partial charge in [0.2, 0.25) is 0 Å². The van der Waals surface area contributed by atoms with E-state index in [0.717, 1.165) is 11.1 Å². The molecule has 0 amide bonds. The molecule has 0 atom stereocenters. The third-order valence-corrected chi connectivity index (χ3v) is 4.57. The predicted octanol–water partition coefficient (Wildman–Crippen LogP) is 6.48. The predicted molar refractivity (Wildman–Crippen MR) is 114 cm³/mol. The van der Waals surface area contributed by atoms with Crippen LogP contribution in [0.25, 0.3) is 6.08 Å². The van der Waals surface area contributed by atoms with Gasteiger partial charge >= 0.3 is 0 Å². The number of hydrogen-bond acceptors (Lipinski definition) is 3. The minimum absolute atomic E-state index is 0.0845. The lowest BCUT2D eigenvalue weighted by molar-refractivity contribution is 0.104. The van der Waals surface area contributed by atoms with Crippen molar-refractivity contribution in [2.75, 3.05) is 7.11 Å². The fourth-order valence-corrected chi connectivity index (χ4v) is 2.98. The molecule has 3 rings (SSSR count). The molecule has 3 nitrogen and oxygen atoms in total. The summed E-state index contributed by atoms with van der Waals surface area (Å²) < 4.78 is 11.3. The molecule has 5 heteroatoms. The molecule has 0 bridgehead atoms. The van der Waals surface area contributed by atoms with Crippen molar-refractivity contribution in [3.05, 3.63) is 99.5 Å². The maximum absolute atomic E-state index is 12.2. The lowest BCUT2D eigenvalue weighted by Gasteiger charge is -2.13. The SMILES string of the molecule is COc1cc(/C=C/C(=O)c2ccccc2)cc(Cl)c1OCc1ccc(Cl)cc1. The van der Waals surface area contributed by atoms with E-state index in [-0.39, 0.29) is 5.78 Å². The summed E-state index contributed by atoms with van der Waals surface area (Å²) in [5.74, 6) is 0.859. The molecule has 0 radical (unpaired) electrons. The molecule has 0 saturated heterocycles. The summed E-state index contributed by atoms with van der Waals surface area (Å²) in [5, 5.41) is 1.07. The Kier molecular flexibility index (Phi) is 6.75. The van der Waals surface area contributed by atoms with Crippen molar-refractivity contribution in [1.29, 1.82) is 0 Å². The van der Waals surface area contributed by atoms with Gasteiger partial charge in [0.05, 0.1) is 12.1 Å². The van der Waals surface area contributed by atoms with E-state index in [1.165, 1.54) is 6.08 Å². The van der Waals surface area contributed by atoms with E-state index in [9.17, 15) is 4.79 Å². The van der Waals surface area contributed by atoms with Crippen molar-refractivity contribution in [3.63, 3.8) is 0 Å². The van der Waals surface area contributed by atoms with Crippen molar-refractivity contribution in [2.24, 2.45) is 0 Å². The monoisotopic (exact) mass is 412 g/mol. The first-order chi connectivity index (χ1) is 13.6. The average Bonchev–Trinajstić information content (AvgIpc) is 2.72. The van der Waals surface area contributed by atoms with Crippen LogP contribution in [0.4, 0.5) is 0 Å². The van der Waals surface area contributed by atoms with E-state index >= 15 is 0 Å². The van der Waals surface area contributed by atoms with Gasteiger partial charge in [-0.15, -0.1) is 0 Å². The van der Waals surface area contributed by atoms with E-state index < -0.39 is 0 Å². The first kappa shape index (κ1) is 20.0. The summed E-state index contributed by atoms with van der Waals surface area (Å²) in [6.45, 7) is 0.328. The zero-order valence-electron chi connectivity index (χ0n) is 15.2. The number of rotatable bonds is 7. The highest BCUT2D eigenvalue weighted by Gasteiger charge is 2.12. The zero-order chi connectivity index (χ0) is 19.9. The molecular formula is C23H18Cl2O3. The Balaban J connectivity index is 1.76. The van der Waals surface area contributed by atoms with Crippen LogP contribution in [0.5, 0.6) is 11.5 Å². The van der Waals surface area contributed by atoms with Crippen molar-refractivity contribution in [3.8, 4) is 11.5 Å².